The Morgan fingerprint density at radius 1 is 0.919 bits per heavy atom. The highest BCUT2D eigenvalue weighted by atomic mass is 16.5. The first-order chi connectivity index (χ1) is 17.8. The molecule has 0 spiro atoms. The number of nitrogens with one attached hydrogen (secondary N) is 1. The lowest BCUT2D eigenvalue weighted by molar-refractivity contribution is 0.202. The minimum absolute atomic E-state index is 0.205. The number of nitrogens with zero attached hydrogens (tertiary/aromatic N) is 4. The van der Waals surface area contributed by atoms with Crippen molar-refractivity contribution in [2.24, 2.45) is 0 Å². The predicted molar refractivity (Wildman–Crippen MR) is 143 cm³/mol. The maximum atomic E-state index is 13.4. The Hall–Kier alpha value is -4.01. The van der Waals surface area contributed by atoms with Crippen LogP contribution in [0.5, 0.6) is 11.5 Å². The fourth-order valence-electron chi connectivity index (χ4n) is 5.47. The molecule has 5 rings (SSSR count). The summed E-state index contributed by atoms with van der Waals surface area (Å²) in [6, 6.07) is 9.75. The molecule has 1 saturated heterocycles. The standard InChI is InChI=1S/C28H33N5O4/c1-17-12-18(2)26(19(3)13-17)33(32-10-7-6-9-29-27(32)34)25-16-22-21-15-24(37-5)23(36-4)14-20(21)8-11-31(22)28(35)30-25/h12-16H,6-11H2,1-5H3,(H,29,34). The molecule has 1 fully saturated rings. The predicted octanol–water partition coefficient (Wildman–Crippen LogP) is 4.27. The molecule has 37 heavy (non-hydrogen) atoms. The zero-order valence-corrected chi connectivity index (χ0v) is 22.1. The molecule has 2 amide bonds. The second-order valence-corrected chi connectivity index (χ2v) is 9.67. The highest BCUT2D eigenvalue weighted by molar-refractivity contribution is 5.82. The summed E-state index contributed by atoms with van der Waals surface area (Å²) in [7, 11) is 3.21. The summed E-state index contributed by atoms with van der Waals surface area (Å²) in [5.74, 6) is 1.65. The van der Waals surface area contributed by atoms with Crippen molar-refractivity contribution in [3.8, 4) is 22.8 Å². The molecule has 9 nitrogen and oxygen atoms in total. The highest BCUT2D eigenvalue weighted by Gasteiger charge is 2.30. The van der Waals surface area contributed by atoms with E-state index in [0.29, 0.717) is 43.4 Å². The zero-order chi connectivity index (χ0) is 26.3. The number of rotatable bonds is 5. The number of hydrogen-bond acceptors (Lipinski definition) is 6. The van der Waals surface area contributed by atoms with E-state index in [1.807, 2.05) is 37.1 Å². The lowest BCUT2D eigenvalue weighted by Crippen LogP contribution is -2.49. The van der Waals surface area contributed by atoms with E-state index in [1.54, 1.807) is 23.8 Å². The van der Waals surface area contributed by atoms with Crippen LogP contribution in [-0.4, -0.2) is 47.9 Å². The van der Waals surface area contributed by atoms with Crippen LogP contribution in [0.4, 0.5) is 16.3 Å². The van der Waals surface area contributed by atoms with Gasteiger partial charge in [-0.25, -0.2) is 19.6 Å². The summed E-state index contributed by atoms with van der Waals surface area (Å²) < 4.78 is 12.8. The Kier molecular flexibility index (Phi) is 6.54. The summed E-state index contributed by atoms with van der Waals surface area (Å²) in [6.45, 7) is 7.74. The number of hydrazine groups is 1. The number of aryl methyl sites for hydroxylation is 4. The number of carbonyl (C=O) groups excluding carboxylic acids is 1. The van der Waals surface area contributed by atoms with Crippen LogP contribution in [-0.2, 0) is 13.0 Å². The van der Waals surface area contributed by atoms with Gasteiger partial charge in [0.1, 0.15) is 0 Å². The minimum atomic E-state index is -0.351. The SMILES string of the molecule is COc1cc2c(cc1OC)-c1cc(N(c3c(C)cc(C)cc3C)N3CCCCNC3=O)nc(=O)n1CC2. The second-order valence-electron chi connectivity index (χ2n) is 9.67. The summed E-state index contributed by atoms with van der Waals surface area (Å²) >= 11 is 0. The molecule has 0 saturated carbocycles. The molecule has 0 atom stereocenters. The van der Waals surface area contributed by atoms with Gasteiger partial charge in [-0.1, -0.05) is 17.7 Å². The average molecular weight is 504 g/mol. The van der Waals surface area contributed by atoms with Crippen molar-refractivity contribution in [3.05, 3.63) is 63.1 Å². The van der Waals surface area contributed by atoms with E-state index >= 15 is 0 Å². The van der Waals surface area contributed by atoms with E-state index in [1.165, 1.54) is 0 Å². The summed E-state index contributed by atoms with van der Waals surface area (Å²) in [5.41, 5.74) is 6.32. The van der Waals surface area contributed by atoms with Crippen LogP contribution in [0.25, 0.3) is 11.3 Å². The molecule has 2 aliphatic rings. The van der Waals surface area contributed by atoms with Crippen molar-refractivity contribution >= 4 is 17.5 Å². The first-order valence-corrected chi connectivity index (χ1v) is 12.6. The molecule has 1 aromatic heterocycles. The molecule has 0 bridgehead atoms. The van der Waals surface area contributed by atoms with Gasteiger partial charge >= 0.3 is 11.7 Å². The first-order valence-electron chi connectivity index (χ1n) is 12.6. The number of benzene rings is 2. The number of amides is 2. The third kappa shape index (κ3) is 4.39. The Labute approximate surface area is 216 Å². The van der Waals surface area contributed by atoms with Crippen molar-refractivity contribution in [3.63, 3.8) is 0 Å². The third-order valence-corrected chi connectivity index (χ3v) is 7.10. The van der Waals surface area contributed by atoms with Gasteiger partial charge < -0.3 is 14.8 Å². The largest absolute Gasteiger partial charge is 0.493 e. The van der Waals surface area contributed by atoms with E-state index in [4.69, 9.17) is 9.47 Å². The molecule has 0 aliphatic carbocycles. The lowest BCUT2D eigenvalue weighted by atomic mass is 9.96. The minimum Gasteiger partial charge on any atom is -0.493 e. The number of aromatic nitrogens is 2. The van der Waals surface area contributed by atoms with Gasteiger partial charge in [-0.2, -0.15) is 4.98 Å². The molecule has 0 unspecified atom stereocenters. The van der Waals surface area contributed by atoms with Gasteiger partial charge in [0.25, 0.3) is 0 Å². The van der Waals surface area contributed by atoms with Gasteiger partial charge in [-0.15, -0.1) is 0 Å². The number of hydrogen-bond donors (Lipinski definition) is 1. The maximum Gasteiger partial charge on any atom is 0.350 e. The number of methoxy groups -OCH3 is 2. The van der Waals surface area contributed by atoms with Crippen molar-refractivity contribution in [1.29, 1.82) is 0 Å². The van der Waals surface area contributed by atoms with Crippen LogP contribution < -0.4 is 25.5 Å². The summed E-state index contributed by atoms with van der Waals surface area (Å²) in [6.07, 6.45) is 2.40. The van der Waals surface area contributed by atoms with Crippen LogP contribution in [0.15, 0.2) is 35.1 Å². The van der Waals surface area contributed by atoms with Crippen LogP contribution in [0, 0.1) is 20.8 Å². The van der Waals surface area contributed by atoms with Crippen molar-refractivity contribution in [1.82, 2.24) is 19.9 Å². The third-order valence-electron chi connectivity index (χ3n) is 7.10. The van der Waals surface area contributed by atoms with E-state index in [2.05, 4.69) is 29.4 Å². The topological polar surface area (TPSA) is 88.9 Å². The van der Waals surface area contributed by atoms with Crippen molar-refractivity contribution in [2.75, 3.05) is 32.3 Å². The number of fused-ring (bicyclic) bond motifs is 3. The van der Waals surface area contributed by atoms with E-state index in [-0.39, 0.29) is 11.7 Å². The Morgan fingerprint density at radius 2 is 1.62 bits per heavy atom. The normalized spacial score (nSPS) is 14.8. The Balaban J connectivity index is 1.74. The number of ether oxygens (including phenoxy) is 2. The monoisotopic (exact) mass is 503 g/mol. The fourth-order valence-corrected chi connectivity index (χ4v) is 5.47. The van der Waals surface area contributed by atoms with Gasteiger partial charge in [0.05, 0.1) is 25.6 Å². The van der Waals surface area contributed by atoms with Gasteiger partial charge in [0.2, 0.25) is 0 Å². The molecular weight excluding hydrogens is 470 g/mol. The maximum absolute atomic E-state index is 13.4. The van der Waals surface area contributed by atoms with Crippen LogP contribution in [0.2, 0.25) is 0 Å². The van der Waals surface area contributed by atoms with Gasteiger partial charge in [0, 0.05) is 31.3 Å². The highest BCUT2D eigenvalue weighted by Crippen LogP contribution is 2.40. The molecule has 3 heterocycles. The Bertz CT molecular complexity index is 1410. The average Bonchev–Trinajstić information content (AvgIpc) is 3.08. The first kappa shape index (κ1) is 24.7. The molecule has 3 aromatic rings. The van der Waals surface area contributed by atoms with Crippen molar-refractivity contribution < 1.29 is 14.3 Å². The van der Waals surface area contributed by atoms with Crippen LogP contribution in [0.1, 0.15) is 35.1 Å². The van der Waals surface area contributed by atoms with E-state index < -0.39 is 0 Å². The van der Waals surface area contributed by atoms with Crippen molar-refractivity contribution in [2.45, 2.75) is 46.6 Å². The number of urea groups is 1. The number of carbonyl (C=O) groups is 1. The Morgan fingerprint density at radius 3 is 2.32 bits per heavy atom. The summed E-state index contributed by atoms with van der Waals surface area (Å²) in [5, 5.41) is 6.49. The molecule has 9 heteroatoms. The van der Waals surface area contributed by atoms with Crippen LogP contribution >= 0.6 is 0 Å². The second kappa shape index (κ2) is 9.80. The van der Waals surface area contributed by atoms with Gasteiger partial charge in [-0.05, 0) is 68.9 Å². The summed E-state index contributed by atoms with van der Waals surface area (Å²) in [4.78, 5) is 31.2. The molecule has 0 radical (unpaired) electrons. The molecular formula is C28H33N5O4. The molecule has 194 valence electrons. The van der Waals surface area contributed by atoms with Gasteiger partial charge in [0.15, 0.2) is 17.3 Å². The zero-order valence-electron chi connectivity index (χ0n) is 22.1. The molecule has 2 aliphatic heterocycles. The van der Waals surface area contributed by atoms with E-state index in [9.17, 15) is 9.59 Å². The smallest absolute Gasteiger partial charge is 0.350 e. The van der Waals surface area contributed by atoms with Gasteiger partial charge in [-0.3, -0.25) is 4.57 Å². The lowest BCUT2D eigenvalue weighted by Gasteiger charge is -2.37. The number of anilines is 2. The molecule has 1 N–H and O–H groups in total. The van der Waals surface area contributed by atoms with Crippen LogP contribution in [0.3, 0.4) is 0 Å². The quantitative estimate of drug-likeness (QED) is 0.560. The fraction of sp³-hybridized carbons (Fsp3) is 0.393. The van der Waals surface area contributed by atoms with E-state index in [0.717, 1.165) is 52.0 Å². The molecule has 2 aromatic carbocycles.